The minimum atomic E-state index is -0.0536. The van der Waals surface area contributed by atoms with Crippen molar-refractivity contribution < 1.29 is 8.83 Å². The molecule has 214 valence electrons. The van der Waals surface area contributed by atoms with Crippen molar-refractivity contribution >= 4 is 22.2 Å². The molecule has 0 spiro atoms. The van der Waals surface area contributed by atoms with Gasteiger partial charge in [-0.05, 0) is 99.1 Å². The van der Waals surface area contributed by atoms with E-state index < -0.39 is 0 Å². The lowest BCUT2D eigenvalue weighted by Gasteiger charge is -2.22. The first-order valence-electron chi connectivity index (χ1n) is 15.2. The summed E-state index contributed by atoms with van der Waals surface area (Å²) in [5, 5.41) is 0. The third-order valence-electron chi connectivity index (χ3n) is 9.13. The predicted octanol–water partition coefficient (Wildman–Crippen LogP) is 10.9. The van der Waals surface area contributed by atoms with Crippen LogP contribution in [0.15, 0.2) is 142 Å². The van der Waals surface area contributed by atoms with Crippen LogP contribution in [0.3, 0.4) is 0 Å². The fourth-order valence-electron chi connectivity index (χ4n) is 6.79. The van der Waals surface area contributed by atoms with Gasteiger partial charge in [0.15, 0.2) is 11.2 Å². The zero-order valence-corrected chi connectivity index (χ0v) is 24.9. The molecule has 0 unspecified atom stereocenters. The first-order valence-corrected chi connectivity index (χ1v) is 15.2. The van der Waals surface area contributed by atoms with Gasteiger partial charge < -0.3 is 8.83 Å². The molecule has 0 atom stereocenters. The Labute approximate surface area is 260 Å². The number of nitrogens with zero attached hydrogens (tertiary/aromatic N) is 2. The number of benzene rings is 6. The van der Waals surface area contributed by atoms with Crippen molar-refractivity contribution in [2.24, 2.45) is 0 Å². The molecular formula is C41H28N2O2. The second-order valence-corrected chi connectivity index (χ2v) is 12.3. The average Bonchev–Trinajstić information content (AvgIpc) is 3.78. The molecule has 0 radical (unpaired) electrons. The molecular weight excluding hydrogens is 552 g/mol. The summed E-state index contributed by atoms with van der Waals surface area (Å²) in [6.45, 7) is 4.65. The van der Waals surface area contributed by atoms with E-state index in [2.05, 4.69) is 92.7 Å². The standard InChI is InChI=1S/C41H28N2O2/c1-41(2)33-13-4-3-12-31(33)32-19-18-27(24-34(32)41)25-10-9-11-26(20-25)28-21-29(39-42-35-14-5-7-16-37(35)44-39)23-30(22-28)40-43-36-15-6-8-17-38(36)45-40/h3-24H,1-2H3. The summed E-state index contributed by atoms with van der Waals surface area (Å²) in [5.74, 6) is 1.12. The highest BCUT2D eigenvalue weighted by molar-refractivity contribution is 5.86. The topological polar surface area (TPSA) is 52.1 Å². The summed E-state index contributed by atoms with van der Waals surface area (Å²) >= 11 is 0. The Hall–Kier alpha value is -5.74. The van der Waals surface area contributed by atoms with Crippen LogP contribution >= 0.6 is 0 Å². The van der Waals surface area contributed by atoms with Crippen LogP contribution < -0.4 is 0 Å². The van der Waals surface area contributed by atoms with Crippen LogP contribution in [0.25, 0.3) is 78.5 Å². The van der Waals surface area contributed by atoms with Gasteiger partial charge in [0.2, 0.25) is 11.8 Å². The van der Waals surface area contributed by atoms with Gasteiger partial charge in [0.25, 0.3) is 0 Å². The Kier molecular flexibility index (Phi) is 5.51. The molecule has 2 aromatic heterocycles. The molecule has 1 aliphatic rings. The molecule has 1 aliphatic carbocycles. The minimum absolute atomic E-state index is 0.0536. The van der Waals surface area contributed by atoms with Gasteiger partial charge in [0, 0.05) is 16.5 Å². The van der Waals surface area contributed by atoms with Crippen molar-refractivity contribution in [3.8, 4) is 56.3 Å². The van der Waals surface area contributed by atoms with Crippen molar-refractivity contribution in [1.29, 1.82) is 0 Å². The maximum Gasteiger partial charge on any atom is 0.227 e. The highest BCUT2D eigenvalue weighted by atomic mass is 16.4. The molecule has 0 amide bonds. The fraction of sp³-hybridized carbons (Fsp3) is 0.0732. The highest BCUT2D eigenvalue weighted by Gasteiger charge is 2.35. The van der Waals surface area contributed by atoms with E-state index in [4.69, 9.17) is 18.8 Å². The van der Waals surface area contributed by atoms with Gasteiger partial charge in [-0.15, -0.1) is 0 Å². The number of hydrogen-bond donors (Lipinski definition) is 0. The van der Waals surface area contributed by atoms with E-state index in [9.17, 15) is 0 Å². The zero-order valence-electron chi connectivity index (χ0n) is 24.9. The molecule has 4 nitrogen and oxygen atoms in total. The Bertz CT molecular complexity index is 2270. The molecule has 6 aromatic carbocycles. The minimum Gasteiger partial charge on any atom is -0.436 e. The summed E-state index contributed by atoms with van der Waals surface area (Å²) in [6, 6.07) is 46.4. The summed E-state index contributed by atoms with van der Waals surface area (Å²) in [6.07, 6.45) is 0. The summed E-state index contributed by atoms with van der Waals surface area (Å²) < 4.78 is 12.4. The van der Waals surface area contributed by atoms with Gasteiger partial charge in [-0.3, -0.25) is 0 Å². The third-order valence-corrected chi connectivity index (χ3v) is 9.13. The predicted molar refractivity (Wildman–Crippen MR) is 181 cm³/mol. The summed E-state index contributed by atoms with van der Waals surface area (Å²) in [4.78, 5) is 9.61. The van der Waals surface area contributed by atoms with Gasteiger partial charge in [0.1, 0.15) is 11.0 Å². The largest absolute Gasteiger partial charge is 0.436 e. The second kappa shape index (κ2) is 9.63. The van der Waals surface area contributed by atoms with Crippen LogP contribution in [0.1, 0.15) is 25.0 Å². The Morgan fingerprint density at radius 1 is 0.422 bits per heavy atom. The first kappa shape index (κ1) is 25.7. The molecule has 2 heterocycles. The molecule has 9 rings (SSSR count). The molecule has 4 heteroatoms. The van der Waals surface area contributed by atoms with E-state index in [-0.39, 0.29) is 5.41 Å². The van der Waals surface area contributed by atoms with Crippen LogP contribution in [0.4, 0.5) is 0 Å². The highest BCUT2D eigenvalue weighted by Crippen LogP contribution is 2.49. The maximum absolute atomic E-state index is 6.21. The number of para-hydroxylation sites is 4. The Balaban J connectivity index is 1.18. The number of fused-ring (bicyclic) bond motifs is 5. The van der Waals surface area contributed by atoms with Gasteiger partial charge in [-0.25, -0.2) is 9.97 Å². The van der Waals surface area contributed by atoms with Gasteiger partial charge >= 0.3 is 0 Å². The quantitative estimate of drug-likeness (QED) is 0.208. The zero-order chi connectivity index (χ0) is 30.1. The maximum atomic E-state index is 6.21. The van der Waals surface area contributed by atoms with Crippen molar-refractivity contribution in [3.05, 3.63) is 145 Å². The molecule has 0 bridgehead atoms. The molecule has 0 aliphatic heterocycles. The van der Waals surface area contributed by atoms with E-state index in [0.29, 0.717) is 11.8 Å². The molecule has 0 fully saturated rings. The fourth-order valence-corrected chi connectivity index (χ4v) is 6.79. The first-order chi connectivity index (χ1) is 22.0. The van der Waals surface area contributed by atoms with Crippen LogP contribution in [0, 0.1) is 0 Å². The van der Waals surface area contributed by atoms with E-state index in [1.807, 2.05) is 54.6 Å². The number of rotatable bonds is 4. The van der Waals surface area contributed by atoms with Crippen molar-refractivity contribution in [2.75, 3.05) is 0 Å². The number of hydrogen-bond acceptors (Lipinski definition) is 4. The normalized spacial score (nSPS) is 13.3. The average molecular weight is 581 g/mol. The molecule has 8 aromatic rings. The van der Waals surface area contributed by atoms with Crippen molar-refractivity contribution in [2.45, 2.75) is 19.3 Å². The summed E-state index contributed by atoms with van der Waals surface area (Å²) in [7, 11) is 0. The van der Waals surface area contributed by atoms with Crippen molar-refractivity contribution in [1.82, 2.24) is 9.97 Å². The number of oxazole rings is 2. The van der Waals surface area contributed by atoms with Crippen molar-refractivity contribution in [3.63, 3.8) is 0 Å². The Morgan fingerprint density at radius 2 is 0.933 bits per heavy atom. The molecule has 0 N–H and O–H groups in total. The van der Waals surface area contributed by atoms with E-state index >= 15 is 0 Å². The van der Waals surface area contributed by atoms with Gasteiger partial charge in [-0.1, -0.05) is 92.7 Å². The summed E-state index contributed by atoms with van der Waals surface area (Å²) in [5.41, 5.74) is 14.7. The Morgan fingerprint density at radius 3 is 1.60 bits per heavy atom. The van der Waals surface area contributed by atoms with Crippen LogP contribution in [-0.4, -0.2) is 9.97 Å². The van der Waals surface area contributed by atoms with Gasteiger partial charge in [0.05, 0.1) is 0 Å². The second-order valence-electron chi connectivity index (χ2n) is 12.3. The SMILES string of the molecule is CC1(C)c2ccccc2-c2ccc(-c3cccc(-c4cc(-c5nc6ccccc6o5)cc(-c5nc6ccccc6o5)c4)c3)cc21. The number of aromatic nitrogens is 2. The lowest BCUT2D eigenvalue weighted by Crippen LogP contribution is -2.14. The lowest BCUT2D eigenvalue weighted by atomic mass is 9.81. The van der Waals surface area contributed by atoms with E-state index in [1.165, 1.54) is 27.8 Å². The monoisotopic (exact) mass is 580 g/mol. The van der Waals surface area contributed by atoms with Crippen LogP contribution in [-0.2, 0) is 5.41 Å². The van der Waals surface area contributed by atoms with E-state index in [1.54, 1.807) is 0 Å². The smallest absolute Gasteiger partial charge is 0.227 e. The lowest BCUT2D eigenvalue weighted by molar-refractivity contribution is 0.617. The molecule has 0 saturated heterocycles. The third kappa shape index (κ3) is 4.14. The van der Waals surface area contributed by atoms with Crippen LogP contribution in [0.5, 0.6) is 0 Å². The van der Waals surface area contributed by atoms with E-state index in [0.717, 1.165) is 50.0 Å². The molecule has 0 saturated carbocycles. The molecule has 45 heavy (non-hydrogen) atoms. The van der Waals surface area contributed by atoms with Crippen LogP contribution in [0.2, 0.25) is 0 Å². The van der Waals surface area contributed by atoms with Gasteiger partial charge in [-0.2, -0.15) is 0 Å².